The zero-order chi connectivity index (χ0) is 16.2. The topological polar surface area (TPSA) is 75.4 Å². The van der Waals surface area contributed by atoms with Crippen LogP contribution in [0.3, 0.4) is 0 Å². The number of nitriles is 1. The molecule has 1 amide bonds. The van der Waals surface area contributed by atoms with Crippen LogP contribution in [0.15, 0.2) is 18.5 Å². The number of hydrogen-bond acceptors (Lipinski definition) is 5. The van der Waals surface area contributed by atoms with E-state index in [9.17, 15) is 4.79 Å². The highest BCUT2D eigenvalue weighted by atomic mass is 16.6. The monoisotopic (exact) mass is 303 g/mol. The lowest BCUT2D eigenvalue weighted by atomic mass is 9.72. The molecule has 118 valence electrons. The van der Waals surface area contributed by atoms with Crippen LogP contribution in [0.2, 0.25) is 0 Å². The van der Waals surface area contributed by atoms with Gasteiger partial charge in [0.15, 0.2) is 5.75 Å². The number of likely N-dealkylation sites (N-methyl/N-ethyl adjacent to an activating group) is 1. The van der Waals surface area contributed by atoms with E-state index in [0.717, 1.165) is 12.8 Å². The highest BCUT2D eigenvalue weighted by Crippen LogP contribution is 2.41. The summed E-state index contributed by atoms with van der Waals surface area (Å²) in [5.41, 5.74) is 0.0832. The fraction of sp³-hybridized carbons (Fsp3) is 0.562. The smallest absolute Gasteiger partial charge is 0.410 e. The first-order chi connectivity index (χ1) is 10.5. The molecule has 1 aromatic rings. The van der Waals surface area contributed by atoms with Crippen molar-refractivity contribution in [2.75, 3.05) is 20.2 Å². The molecule has 1 aromatic heterocycles. The molecule has 22 heavy (non-hydrogen) atoms. The fourth-order valence-electron chi connectivity index (χ4n) is 2.24. The Hall–Kier alpha value is -2.29. The Morgan fingerprint density at radius 2 is 2.41 bits per heavy atom. The summed E-state index contributed by atoms with van der Waals surface area (Å²) >= 11 is 0. The molecule has 0 spiro atoms. The molecule has 1 aliphatic rings. The van der Waals surface area contributed by atoms with Crippen molar-refractivity contribution in [1.82, 2.24) is 9.88 Å². The van der Waals surface area contributed by atoms with Crippen LogP contribution >= 0.6 is 0 Å². The van der Waals surface area contributed by atoms with Crippen molar-refractivity contribution in [3.05, 3.63) is 24.0 Å². The van der Waals surface area contributed by atoms with Crippen molar-refractivity contribution in [3.63, 3.8) is 0 Å². The second-order valence-electron chi connectivity index (χ2n) is 5.87. The maximum Gasteiger partial charge on any atom is 0.410 e. The molecule has 6 nitrogen and oxygen atoms in total. The molecule has 1 saturated carbocycles. The van der Waals surface area contributed by atoms with Gasteiger partial charge in [0, 0.05) is 13.2 Å². The molecule has 0 saturated heterocycles. The highest BCUT2D eigenvalue weighted by Gasteiger charge is 2.43. The second-order valence-corrected chi connectivity index (χ2v) is 5.87. The minimum atomic E-state index is -0.344. The summed E-state index contributed by atoms with van der Waals surface area (Å²) in [5, 5.41) is 8.96. The highest BCUT2D eigenvalue weighted by molar-refractivity contribution is 5.67. The van der Waals surface area contributed by atoms with Gasteiger partial charge in [0.25, 0.3) is 0 Å². The van der Waals surface area contributed by atoms with E-state index >= 15 is 0 Å². The van der Waals surface area contributed by atoms with Gasteiger partial charge in [0.05, 0.1) is 18.3 Å². The SMILES string of the molecule is CC1CCC1(C)OC(=O)N(C)CCOc1cnccc1C#N. The van der Waals surface area contributed by atoms with E-state index in [4.69, 9.17) is 14.7 Å². The number of aromatic nitrogens is 1. The second kappa shape index (κ2) is 6.65. The number of pyridine rings is 1. The van der Waals surface area contributed by atoms with Gasteiger partial charge >= 0.3 is 6.09 Å². The number of ether oxygens (including phenoxy) is 2. The zero-order valence-electron chi connectivity index (χ0n) is 13.2. The van der Waals surface area contributed by atoms with Crippen molar-refractivity contribution < 1.29 is 14.3 Å². The molecule has 1 fully saturated rings. The number of carbonyl (C=O) groups excluding carboxylic acids is 1. The van der Waals surface area contributed by atoms with Gasteiger partial charge in [0.2, 0.25) is 0 Å². The van der Waals surface area contributed by atoms with Crippen LogP contribution in [0, 0.1) is 17.2 Å². The first kappa shape index (κ1) is 16.1. The number of carbonyl (C=O) groups is 1. The molecule has 0 aliphatic heterocycles. The van der Waals surface area contributed by atoms with Crippen molar-refractivity contribution in [3.8, 4) is 11.8 Å². The van der Waals surface area contributed by atoms with Crippen LogP contribution in [0.4, 0.5) is 4.79 Å². The van der Waals surface area contributed by atoms with Crippen LogP contribution < -0.4 is 4.74 Å². The normalized spacial score (nSPS) is 23.1. The maximum absolute atomic E-state index is 12.0. The van der Waals surface area contributed by atoms with E-state index in [1.54, 1.807) is 13.1 Å². The zero-order valence-corrected chi connectivity index (χ0v) is 13.2. The van der Waals surface area contributed by atoms with Gasteiger partial charge in [-0.05, 0) is 31.7 Å². The molecule has 1 aliphatic carbocycles. The number of nitrogens with zero attached hydrogens (tertiary/aromatic N) is 3. The Labute approximate surface area is 130 Å². The van der Waals surface area contributed by atoms with Crippen LogP contribution in [-0.4, -0.2) is 41.8 Å². The van der Waals surface area contributed by atoms with Crippen molar-refractivity contribution in [1.29, 1.82) is 5.26 Å². The van der Waals surface area contributed by atoms with Crippen molar-refractivity contribution in [2.24, 2.45) is 5.92 Å². The fourth-order valence-corrected chi connectivity index (χ4v) is 2.24. The molecule has 2 atom stereocenters. The summed E-state index contributed by atoms with van der Waals surface area (Å²) in [4.78, 5) is 17.5. The predicted molar refractivity (Wildman–Crippen MR) is 80.4 cm³/mol. The van der Waals surface area contributed by atoms with E-state index in [1.807, 2.05) is 13.0 Å². The van der Waals surface area contributed by atoms with Gasteiger partial charge in [-0.1, -0.05) is 6.92 Å². The van der Waals surface area contributed by atoms with E-state index in [1.165, 1.54) is 17.3 Å². The van der Waals surface area contributed by atoms with Crippen LogP contribution in [0.5, 0.6) is 5.75 Å². The molecule has 0 bridgehead atoms. The standard InChI is InChI=1S/C16H21N3O3/c1-12-4-6-16(12,2)22-15(20)19(3)8-9-21-14-11-18-7-5-13(14)10-17/h5,7,11-12H,4,6,8-9H2,1-3H3. The average molecular weight is 303 g/mol. The maximum atomic E-state index is 12.0. The molecular weight excluding hydrogens is 282 g/mol. The van der Waals surface area contributed by atoms with Crippen LogP contribution in [-0.2, 0) is 4.74 Å². The van der Waals surface area contributed by atoms with Gasteiger partial charge < -0.3 is 14.4 Å². The van der Waals surface area contributed by atoms with Gasteiger partial charge in [-0.15, -0.1) is 0 Å². The van der Waals surface area contributed by atoms with Gasteiger partial charge in [0.1, 0.15) is 18.3 Å². The largest absolute Gasteiger partial charge is 0.489 e. The summed E-state index contributed by atoms with van der Waals surface area (Å²) in [6.45, 7) is 4.71. The minimum absolute atomic E-state index is 0.276. The van der Waals surface area contributed by atoms with Crippen molar-refractivity contribution >= 4 is 6.09 Å². The van der Waals surface area contributed by atoms with E-state index in [-0.39, 0.29) is 18.3 Å². The molecule has 2 rings (SSSR count). The third kappa shape index (κ3) is 3.48. The van der Waals surface area contributed by atoms with Gasteiger partial charge in [-0.3, -0.25) is 4.98 Å². The Morgan fingerprint density at radius 1 is 1.64 bits per heavy atom. The summed E-state index contributed by atoms with van der Waals surface area (Å²) < 4.78 is 11.1. The van der Waals surface area contributed by atoms with Gasteiger partial charge in [-0.2, -0.15) is 5.26 Å². The first-order valence-electron chi connectivity index (χ1n) is 7.37. The summed E-state index contributed by atoms with van der Waals surface area (Å²) in [7, 11) is 1.67. The predicted octanol–water partition coefficient (Wildman–Crippen LogP) is 2.59. The molecule has 6 heteroatoms. The number of hydrogen-bond donors (Lipinski definition) is 0. The lowest BCUT2D eigenvalue weighted by Gasteiger charge is -2.44. The van der Waals surface area contributed by atoms with E-state index in [2.05, 4.69) is 11.9 Å². The van der Waals surface area contributed by atoms with Gasteiger partial charge in [-0.25, -0.2) is 4.79 Å². The molecular formula is C16H21N3O3. The summed E-state index contributed by atoms with van der Waals surface area (Å²) in [5.74, 6) is 0.820. The lowest BCUT2D eigenvalue weighted by Crippen LogP contribution is -2.49. The third-order valence-electron chi connectivity index (χ3n) is 4.34. The minimum Gasteiger partial charge on any atom is -0.489 e. The van der Waals surface area contributed by atoms with Crippen molar-refractivity contribution in [2.45, 2.75) is 32.3 Å². The molecule has 0 radical (unpaired) electrons. The summed E-state index contributed by atoms with van der Waals surface area (Å²) in [6.07, 6.45) is 4.69. The molecule has 2 unspecified atom stereocenters. The van der Waals surface area contributed by atoms with E-state index in [0.29, 0.717) is 23.8 Å². The molecule has 1 heterocycles. The Kier molecular flexibility index (Phi) is 4.86. The Balaban J connectivity index is 1.79. The lowest BCUT2D eigenvalue weighted by molar-refractivity contribution is -0.0883. The van der Waals surface area contributed by atoms with Crippen LogP contribution in [0.1, 0.15) is 32.3 Å². The van der Waals surface area contributed by atoms with Crippen LogP contribution in [0.25, 0.3) is 0 Å². The number of rotatable bonds is 5. The summed E-state index contributed by atoms with van der Waals surface area (Å²) in [6, 6.07) is 3.63. The Morgan fingerprint density at radius 3 is 3.00 bits per heavy atom. The Bertz CT molecular complexity index is 584. The third-order valence-corrected chi connectivity index (χ3v) is 4.34. The quantitative estimate of drug-likeness (QED) is 0.835. The number of amides is 1. The van der Waals surface area contributed by atoms with E-state index < -0.39 is 0 Å². The first-order valence-corrected chi connectivity index (χ1v) is 7.37. The molecule has 0 aromatic carbocycles. The molecule has 0 N–H and O–H groups in total. The average Bonchev–Trinajstić information content (AvgIpc) is 2.53.